The van der Waals surface area contributed by atoms with Gasteiger partial charge in [-0.3, -0.25) is 4.79 Å². The van der Waals surface area contributed by atoms with Crippen LogP contribution in [0.15, 0.2) is 18.3 Å². The summed E-state index contributed by atoms with van der Waals surface area (Å²) < 4.78 is 0. The van der Waals surface area contributed by atoms with Crippen molar-refractivity contribution in [2.24, 2.45) is 5.73 Å². The van der Waals surface area contributed by atoms with Crippen LogP contribution in [0.2, 0.25) is 0 Å². The van der Waals surface area contributed by atoms with Gasteiger partial charge < -0.3 is 16.0 Å². The highest BCUT2D eigenvalue weighted by molar-refractivity contribution is 5.94. The summed E-state index contributed by atoms with van der Waals surface area (Å²) in [6.45, 7) is 4.23. The maximum absolute atomic E-state index is 11.9. The number of nitrogens with two attached hydrogens (primary N) is 1. The fourth-order valence-corrected chi connectivity index (χ4v) is 2.38. The van der Waals surface area contributed by atoms with E-state index in [2.05, 4.69) is 22.1 Å². The predicted octanol–water partition coefficient (Wildman–Crippen LogP) is 2.14. The number of nitrogens with zero attached hydrogens (tertiary/aromatic N) is 2. The highest BCUT2D eigenvalue weighted by atomic mass is 16.2. The Bertz CT molecular complexity index is 426. The summed E-state index contributed by atoms with van der Waals surface area (Å²) in [4.78, 5) is 18.6. The Morgan fingerprint density at radius 2 is 2.20 bits per heavy atom. The topological polar surface area (TPSA) is 71.2 Å². The summed E-state index contributed by atoms with van der Waals surface area (Å²) >= 11 is 0. The van der Waals surface area contributed by atoms with Crippen molar-refractivity contribution in [2.75, 3.05) is 23.3 Å². The van der Waals surface area contributed by atoms with Crippen LogP contribution < -0.4 is 16.0 Å². The van der Waals surface area contributed by atoms with E-state index < -0.39 is 6.04 Å². The minimum Gasteiger partial charge on any atom is -0.357 e. The number of unbranched alkanes of at least 4 members (excludes halogenated alkanes) is 1. The van der Waals surface area contributed by atoms with Gasteiger partial charge in [0, 0.05) is 13.1 Å². The molecular formula is C15H24N4O. The molecule has 5 nitrogen and oxygen atoms in total. The van der Waals surface area contributed by atoms with Crippen LogP contribution in [-0.2, 0) is 4.79 Å². The van der Waals surface area contributed by atoms with Gasteiger partial charge in [0.05, 0.1) is 17.9 Å². The third-order valence-corrected chi connectivity index (χ3v) is 3.65. The summed E-state index contributed by atoms with van der Waals surface area (Å²) in [5, 5.41) is 2.82. The van der Waals surface area contributed by atoms with E-state index in [1.807, 2.05) is 12.1 Å². The van der Waals surface area contributed by atoms with E-state index in [0.717, 1.165) is 38.2 Å². The molecule has 0 aliphatic carbocycles. The Morgan fingerprint density at radius 1 is 1.45 bits per heavy atom. The number of hydrogen-bond donors (Lipinski definition) is 2. The summed E-state index contributed by atoms with van der Waals surface area (Å²) in [5.41, 5.74) is 6.55. The van der Waals surface area contributed by atoms with Crippen molar-refractivity contribution in [1.29, 1.82) is 0 Å². The largest absolute Gasteiger partial charge is 0.357 e. The Hall–Kier alpha value is -1.62. The number of hydrogen-bond acceptors (Lipinski definition) is 4. The highest BCUT2D eigenvalue weighted by Crippen LogP contribution is 2.19. The molecule has 1 aliphatic heterocycles. The summed E-state index contributed by atoms with van der Waals surface area (Å²) in [5.74, 6) is 0.852. The lowest BCUT2D eigenvalue weighted by Crippen LogP contribution is -2.35. The van der Waals surface area contributed by atoms with E-state index in [0.29, 0.717) is 5.69 Å². The van der Waals surface area contributed by atoms with Gasteiger partial charge >= 0.3 is 0 Å². The molecule has 1 aliphatic rings. The van der Waals surface area contributed by atoms with E-state index in [9.17, 15) is 4.79 Å². The number of pyridine rings is 1. The maximum atomic E-state index is 11.9. The molecule has 0 aromatic carbocycles. The lowest BCUT2D eigenvalue weighted by molar-refractivity contribution is -0.117. The number of amides is 1. The molecule has 0 saturated carbocycles. The standard InChI is InChI=1S/C15H24N4O/c1-2-3-6-13(16)15(20)18-12-7-8-14(17-11-12)19-9-4-5-10-19/h7-8,11,13H,2-6,9-10,16H2,1H3,(H,18,20)/t13-/m0/s1. The normalized spacial score (nSPS) is 16.2. The van der Waals surface area contributed by atoms with Gasteiger partial charge in [0.25, 0.3) is 0 Å². The van der Waals surface area contributed by atoms with Gasteiger partial charge in [-0.1, -0.05) is 19.8 Å². The number of carbonyl (C=O) groups is 1. The average molecular weight is 276 g/mol. The van der Waals surface area contributed by atoms with E-state index >= 15 is 0 Å². The Kier molecular flexibility index (Phi) is 5.35. The van der Waals surface area contributed by atoms with Gasteiger partial charge in [-0.05, 0) is 31.4 Å². The third kappa shape index (κ3) is 3.93. The Morgan fingerprint density at radius 3 is 2.80 bits per heavy atom. The van der Waals surface area contributed by atoms with Crippen molar-refractivity contribution in [2.45, 2.75) is 45.1 Å². The first-order valence-electron chi connectivity index (χ1n) is 7.48. The van der Waals surface area contributed by atoms with E-state index in [4.69, 9.17) is 5.73 Å². The van der Waals surface area contributed by atoms with Crippen LogP contribution in [0.1, 0.15) is 39.0 Å². The number of rotatable bonds is 6. The van der Waals surface area contributed by atoms with Crippen molar-refractivity contribution >= 4 is 17.4 Å². The molecule has 0 bridgehead atoms. The van der Waals surface area contributed by atoms with Gasteiger partial charge in [-0.15, -0.1) is 0 Å². The molecule has 1 amide bonds. The molecule has 110 valence electrons. The molecule has 0 radical (unpaired) electrons. The minimum atomic E-state index is -0.437. The zero-order valence-corrected chi connectivity index (χ0v) is 12.1. The first-order valence-corrected chi connectivity index (χ1v) is 7.48. The molecule has 1 fully saturated rings. The molecular weight excluding hydrogens is 252 g/mol. The van der Waals surface area contributed by atoms with Crippen molar-refractivity contribution in [1.82, 2.24) is 4.98 Å². The molecule has 5 heteroatoms. The fraction of sp³-hybridized carbons (Fsp3) is 0.600. The number of anilines is 2. The number of carbonyl (C=O) groups excluding carboxylic acids is 1. The summed E-state index contributed by atoms with van der Waals surface area (Å²) in [7, 11) is 0. The average Bonchev–Trinajstić information content (AvgIpc) is 2.99. The molecule has 0 unspecified atom stereocenters. The zero-order valence-electron chi connectivity index (χ0n) is 12.1. The smallest absolute Gasteiger partial charge is 0.241 e. The monoisotopic (exact) mass is 276 g/mol. The summed E-state index contributed by atoms with van der Waals surface area (Å²) in [6, 6.07) is 3.41. The van der Waals surface area contributed by atoms with Gasteiger partial charge in [-0.25, -0.2) is 4.98 Å². The Balaban J connectivity index is 1.88. The maximum Gasteiger partial charge on any atom is 0.241 e. The second-order valence-electron chi connectivity index (χ2n) is 5.34. The molecule has 1 aromatic rings. The molecule has 2 heterocycles. The molecule has 3 N–H and O–H groups in total. The lowest BCUT2D eigenvalue weighted by Gasteiger charge is -2.17. The quantitative estimate of drug-likeness (QED) is 0.835. The van der Waals surface area contributed by atoms with Crippen LogP contribution in [0.25, 0.3) is 0 Å². The molecule has 1 saturated heterocycles. The minimum absolute atomic E-state index is 0.130. The van der Waals surface area contributed by atoms with Crippen molar-refractivity contribution in [3.63, 3.8) is 0 Å². The van der Waals surface area contributed by atoms with Gasteiger partial charge in [-0.2, -0.15) is 0 Å². The van der Waals surface area contributed by atoms with Gasteiger partial charge in [0.15, 0.2) is 0 Å². The predicted molar refractivity (Wildman–Crippen MR) is 81.8 cm³/mol. The van der Waals surface area contributed by atoms with Crippen LogP contribution in [0.4, 0.5) is 11.5 Å². The molecule has 0 spiro atoms. The molecule has 20 heavy (non-hydrogen) atoms. The number of nitrogens with one attached hydrogen (secondary N) is 1. The first-order chi connectivity index (χ1) is 9.70. The second kappa shape index (κ2) is 7.24. The van der Waals surface area contributed by atoms with Crippen LogP contribution >= 0.6 is 0 Å². The molecule has 1 aromatic heterocycles. The van der Waals surface area contributed by atoms with Crippen LogP contribution in [0.3, 0.4) is 0 Å². The Labute approximate surface area is 120 Å². The van der Waals surface area contributed by atoms with Crippen molar-refractivity contribution < 1.29 is 4.79 Å². The third-order valence-electron chi connectivity index (χ3n) is 3.65. The zero-order chi connectivity index (χ0) is 14.4. The highest BCUT2D eigenvalue weighted by Gasteiger charge is 2.15. The molecule has 2 rings (SSSR count). The van der Waals surface area contributed by atoms with E-state index in [1.54, 1.807) is 6.20 Å². The summed E-state index contributed by atoms with van der Waals surface area (Å²) in [6.07, 6.45) is 6.91. The van der Waals surface area contributed by atoms with Crippen LogP contribution in [-0.4, -0.2) is 30.0 Å². The van der Waals surface area contributed by atoms with Crippen LogP contribution in [0.5, 0.6) is 0 Å². The van der Waals surface area contributed by atoms with Crippen molar-refractivity contribution in [3.05, 3.63) is 18.3 Å². The molecule has 1 atom stereocenters. The SMILES string of the molecule is CCCC[C@H](N)C(=O)Nc1ccc(N2CCCC2)nc1. The van der Waals surface area contributed by atoms with Gasteiger partial charge in [0.2, 0.25) is 5.91 Å². The van der Waals surface area contributed by atoms with E-state index in [1.165, 1.54) is 12.8 Å². The number of aromatic nitrogens is 1. The van der Waals surface area contributed by atoms with Gasteiger partial charge in [0.1, 0.15) is 5.82 Å². The van der Waals surface area contributed by atoms with E-state index in [-0.39, 0.29) is 5.91 Å². The second-order valence-corrected chi connectivity index (χ2v) is 5.34. The lowest BCUT2D eigenvalue weighted by atomic mass is 10.1. The first kappa shape index (κ1) is 14.8. The van der Waals surface area contributed by atoms with Crippen LogP contribution in [0, 0.1) is 0 Å². The van der Waals surface area contributed by atoms with Crippen molar-refractivity contribution in [3.8, 4) is 0 Å². The fourth-order valence-electron chi connectivity index (χ4n) is 2.38.